The summed E-state index contributed by atoms with van der Waals surface area (Å²) in [6, 6.07) is 9.78. The lowest BCUT2D eigenvalue weighted by molar-refractivity contribution is -0.121. The number of fused-ring (bicyclic) bond motifs is 2. The first-order valence-corrected chi connectivity index (χ1v) is 15.1. The van der Waals surface area contributed by atoms with Gasteiger partial charge >= 0.3 is 0 Å². The van der Waals surface area contributed by atoms with Gasteiger partial charge in [0.15, 0.2) is 16.3 Å². The number of thioether (sulfide) groups is 1. The standard InChI is InChI=1S/C24H27N3O5S3/c1-16-5-7-17(8-6-16)35(29,30)27-9-3-4-18(27)23(28)25-24-26(10-13-33-2)19-14-20-21(15-22(19)34-24)32-12-11-31-20/h5-8,14-15,18H,3-4,9-13H2,1-2H3. The molecule has 2 aromatic carbocycles. The Morgan fingerprint density at radius 3 is 2.60 bits per heavy atom. The lowest BCUT2D eigenvalue weighted by Crippen LogP contribution is -2.40. The van der Waals surface area contributed by atoms with E-state index < -0.39 is 22.0 Å². The van der Waals surface area contributed by atoms with Crippen LogP contribution in [-0.2, 0) is 21.4 Å². The Morgan fingerprint density at radius 1 is 1.17 bits per heavy atom. The Bertz CT molecular complexity index is 1430. The molecule has 8 nitrogen and oxygen atoms in total. The number of carbonyl (C=O) groups excluding carboxylic acids is 1. The van der Waals surface area contributed by atoms with Crippen LogP contribution in [0.5, 0.6) is 11.5 Å². The van der Waals surface area contributed by atoms with Crippen molar-refractivity contribution in [2.24, 2.45) is 4.99 Å². The number of sulfonamides is 1. The van der Waals surface area contributed by atoms with Crippen molar-refractivity contribution in [3.8, 4) is 11.5 Å². The van der Waals surface area contributed by atoms with E-state index in [2.05, 4.69) is 4.99 Å². The first-order chi connectivity index (χ1) is 16.9. The van der Waals surface area contributed by atoms with Gasteiger partial charge in [-0.25, -0.2) is 8.42 Å². The predicted molar refractivity (Wildman–Crippen MR) is 138 cm³/mol. The largest absolute Gasteiger partial charge is 0.486 e. The van der Waals surface area contributed by atoms with Crippen molar-refractivity contribution in [3.05, 3.63) is 46.8 Å². The van der Waals surface area contributed by atoms with Gasteiger partial charge in [-0.1, -0.05) is 29.0 Å². The molecule has 1 saturated heterocycles. The first kappa shape index (κ1) is 24.4. The van der Waals surface area contributed by atoms with Crippen LogP contribution in [0.1, 0.15) is 18.4 Å². The van der Waals surface area contributed by atoms with Crippen molar-refractivity contribution in [1.29, 1.82) is 0 Å². The molecular weight excluding hydrogens is 506 g/mol. The van der Waals surface area contributed by atoms with Gasteiger partial charge in [-0.2, -0.15) is 21.1 Å². The third kappa shape index (κ3) is 4.74. The van der Waals surface area contributed by atoms with Gasteiger partial charge in [0.1, 0.15) is 19.3 Å². The van der Waals surface area contributed by atoms with Crippen LogP contribution >= 0.6 is 23.1 Å². The fourth-order valence-electron chi connectivity index (χ4n) is 4.38. The maximum atomic E-state index is 13.4. The summed E-state index contributed by atoms with van der Waals surface area (Å²) < 4.78 is 42.4. The Hall–Kier alpha value is -2.34. The predicted octanol–water partition coefficient (Wildman–Crippen LogP) is 3.43. The molecule has 5 rings (SSSR count). The minimum absolute atomic E-state index is 0.199. The van der Waals surface area contributed by atoms with Crippen molar-refractivity contribution in [2.45, 2.75) is 37.2 Å². The summed E-state index contributed by atoms with van der Waals surface area (Å²) in [5, 5.41) is 0. The van der Waals surface area contributed by atoms with E-state index in [0.29, 0.717) is 55.4 Å². The maximum absolute atomic E-state index is 13.4. The minimum Gasteiger partial charge on any atom is -0.486 e. The van der Waals surface area contributed by atoms with Gasteiger partial charge in [-0.15, -0.1) is 0 Å². The van der Waals surface area contributed by atoms with Gasteiger partial charge in [0.25, 0.3) is 5.91 Å². The van der Waals surface area contributed by atoms with Crippen LogP contribution < -0.4 is 14.3 Å². The minimum atomic E-state index is -3.79. The fourth-order valence-corrected chi connectivity index (χ4v) is 7.47. The van der Waals surface area contributed by atoms with E-state index >= 15 is 0 Å². The van der Waals surface area contributed by atoms with E-state index in [9.17, 15) is 13.2 Å². The Morgan fingerprint density at radius 2 is 1.89 bits per heavy atom. The topological polar surface area (TPSA) is 90.2 Å². The third-order valence-corrected chi connectivity index (χ3v) is 9.74. The molecule has 3 aromatic rings. The summed E-state index contributed by atoms with van der Waals surface area (Å²) in [6.07, 6.45) is 3.11. The number of aromatic nitrogens is 1. The normalized spacial score (nSPS) is 18.9. The molecule has 0 aliphatic carbocycles. The van der Waals surface area contributed by atoms with Crippen molar-refractivity contribution in [1.82, 2.24) is 8.87 Å². The number of rotatable bonds is 6. The third-order valence-electron chi connectivity index (χ3n) is 6.19. The highest BCUT2D eigenvalue weighted by Crippen LogP contribution is 2.36. The number of hydrogen-bond donors (Lipinski definition) is 0. The van der Waals surface area contributed by atoms with Crippen molar-refractivity contribution >= 4 is 49.2 Å². The number of aryl methyl sites for hydroxylation is 2. The monoisotopic (exact) mass is 533 g/mol. The number of thiazole rings is 1. The molecule has 3 heterocycles. The van der Waals surface area contributed by atoms with Crippen molar-refractivity contribution < 1.29 is 22.7 Å². The van der Waals surface area contributed by atoms with Crippen LogP contribution in [0.15, 0.2) is 46.3 Å². The molecular formula is C24H27N3O5S3. The molecule has 1 aromatic heterocycles. The number of amides is 1. The highest BCUT2D eigenvalue weighted by Gasteiger charge is 2.39. The van der Waals surface area contributed by atoms with E-state index in [-0.39, 0.29) is 4.90 Å². The molecule has 0 radical (unpaired) electrons. The molecule has 0 spiro atoms. The zero-order valence-electron chi connectivity index (χ0n) is 19.6. The number of hydrogen-bond acceptors (Lipinski definition) is 7. The van der Waals surface area contributed by atoms with E-state index in [4.69, 9.17) is 9.47 Å². The molecule has 11 heteroatoms. The molecule has 1 atom stereocenters. The second-order valence-electron chi connectivity index (χ2n) is 8.53. The molecule has 1 fully saturated rings. The summed E-state index contributed by atoms with van der Waals surface area (Å²) in [7, 11) is -3.79. The van der Waals surface area contributed by atoms with Gasteiger partial charge in [0.2, 0.25) is 10.0 Å². The fraction of sp³-hybridized carbons (Fsp3) is 0.417. The summed E-state index contributed by atoms with van der Waals surface area (Å²) in [4.78, 5) is 18.6. The van der Waals surface area contributed by atoms with E-state index in [1.165, 1.54) is 15.6 Å². The summed E-state index contributed by atoms with van der Waals surface area (Å²) in [5.74, 6) is 1.79. The van der Waals surface area contributed by atoms with Gasteiger partial charge in [0, 0.05) is 31.0 Å². The maximum Gasteiger partial charge on any atom is 0.266 e. The van der Waals surface area contributed by atoms with E-state index in [1.54, 1.807) is 36.0 Å². The van der Waals surface area contributed by atoms with Crippen molar-refractivity contribution in [3.63, 3.8) is 0 Å². The average molecular weight is 534 g/mol. The summed E-state index contributed by atoms with van der Waals surface area (Å²) in [5.41, 5.74) is 1.90. The van der Waals surface area contributed by atoms with E-state index in [0.717, 1.165) is 21.5 Å². The second-order valence-corrected chi connectivity index (χ2v) is 12.4. The average Bonchev–Trinajstić information content (AvgIpc) is 3.47. The van der Waals surface area contributed by atoms with Gasteiger partial charge in [-0.3, -0.25) is 4.79 Å². The van der Waals surface area contributed by atoms with Gasteiger partial charge < -0.3 is 14.0 Å². The lowest BCUT2D eigenvalue weighted by atomic mass is 10.2. The molecule has 0 saturated carbocycles. The number of ether oxygens (including phenoxy) is 2. The quantitative estimate of drug-likeness (QED) is 0.482. The zero-order chi connectivity index (χ0) is 24.6. The number of benzene rings is 2. The highest BCUT2D eigenvalue weighted by atomic mass is 32.2. The SMILES string of the molecule is CSCCn1c(=NC(=O)C2CCCN2S(=O)(=O)c2ccc(C)cc2)sc2cc3c(cc21)OCCO3. The van der Waals surface area contributed by atoms with E-state index in [1.807, 2.05) is 29.9 Å². The highest BCUT2D eigenvalue weighted by molar-refractivity contribution is 7.98. The van der Waals surface area contributed by atoms with Crippen LogP contribution in [0, 0.1) is 6.92 Å². The lowest BCUT2D eigenvalue weighted by Gasteiger charge is -2.21. The Labute approximate surface area is 212 Å². The molecule has 2 aliphatic heterocycles. The van der Waals surface area contributed by atoms with Crippen LogP contribution in [0.3, 0.4) is 0 Å². The molecule has 35 heavy (non-hydrogen) atoms. The molecule has 0 bridgehead atoms. The van der Waals surface area contributed by atoms with Gasteiger partial charge in [-0.05, 0) is 38.2 Å². The van der Waals surface area contributed by atoms with Gasteiger partial charge in [0.05, 0.1) is 15.1 Å². The molecule has 1 unspecified atom stereocenters. The summed E-state index contributed by atoms with van der Waals surface area (Å²) >= 11 is 3.11. The number of nitrogens with zero attached hydrogens (tertiary/aromatic N) is 3. The molecule has 0 N–H and O–H groups in total. The molecule has 2 aliphatic rings. The second kappa shape index (κ2) is 9.96. The Balaban J connectivity index is 1.52. The van der Waals surface area contributed by atoms with Crippen LogP contribution in [0.2, 0.25) is 0 Å². The molecule has 1 amide bonds. The summed E-state index contributed by atoms with van der Waals surface area (Å²) in [6.45, 7) is 3.88. The first-order valence-electron chi connectivity index (χ1n) is 11.5. The van der Waals surface area contributed by atoms with Crippen LogP contribution in [0.25, 0.3) is 10.2 Å². The van der Waals surface area contributed by atoms with Crippen molar-refractivity contribution in [2.75, 3.05) is 31.8 Å². The number of carbonyl (C=O) groups is 1. The van der Waals surface area contributed by atoms with Crippen LogP contribution in [-0.4, -0.2) is 61.0 Å². The zero-order valence-corrected chi connectivity index (χ0v) is 22.0. The van der Waals surface area contributed by atoms with Crippen LogP contribution in [0.4, 0.5) is 0 Å². The Kier molecular flexibility index (Phi) is 6.93. The smallest absolute Gasteiger partial charge is 0.266 e. The molecule has 186 valence electrons.